The number of hydrogen-bond donors (Lipinski definition) is 1. The molecular formula is C11H15F2NO. The summed E-state index contributed by atoms with van der Waals surface area (Å²) in [5, 5.41) is 0. The van der Waals surface area contributed by atoms with Crippen LogP contribution >= 0.6 is 0 Å². The van der Waals surface area contributed by atoms with Gasteiger partial charge in [-0.05, 0) is 30.7 Å². The maximum Gasteiger partial charge on any atom is 0.245 e. The lowest BCUT2D eigenvalue weighted by Crippen LogP contribution is -2.14. The van der Waals surface area contributed by atoms with Gasteiger partial charge in [0.05, 0.1) is 7.11 Å². The summed E-state index contributed by atoms with van der Waals surface area (Å²) in [5.74, 6) is -0.208. The van der Waals surface area contributed by atoms with Crippen molar-refractivity contribution in [1.82, 2.24) is 0 Å². The molecular weight excluding hydrogens is 200 g/mol. The summed E-state index contributed by atoms with van der Waals surface area (Å²) in [6.45, 7) is 0.256. The highest BCUT2D eigenvalue weighted by atomic mass is 19.3. The van der Waals surface area contributed by atoms with Crippen LogP contribution in [0.1, 0.15) is 17.9 Å². The van der Waals surface area contributed by atoms with Crippen LogP contribution in [0, 0.1) is 0 Å². The van der Waals surface area contributed by atoms with Crippen LogP contribution in [0.2, 0.25) is 0 Å². The third kappa shape index (κ3) is 3.16. The van der Waals surface area contributed by atoms with E-state index in [9.17, 15) is 8.78 Å². The van der Waals surface area contributed by atoms with E-state index in [1.165, 1.54) is 7.11 Å². The van der Waals surface area contributed by atoms with E-state index in [1.807, 2.05) is 0 Å². The van der Waals surface area contributed by atoms with E-state index in [-0.39, 0.29) is 13.0 Å². The molecule has 1 aromatic carbocycles. The van der Waals surface area contributed by atoms with Crippen molar-refractivity contribution in [3.8, 4) is 5.75 Å². The van der Waals surface area contributed by atoms with Crippen LogP contribution in [-0.2, 0) is 0 Å². The van der Waals surface area contributed by atoms with Crippen molar-refractivity contribution in [2.45, 2.75) is 18.8 Å². The lowest BCUT2D eigenvalue weighted by molar-refractivity contribution is 0.111. The molecule has 2 nitrogen and oxygen atoms in total. The molecule has 1 unspecified atom stereocenters. The highest BCUT2D eigenvalue weighted by Crippen LogP contribution is 2.28. The minimum Gasteiger partial charge on any atom is -0.497 e. The molecule has 0 aliphatic carbocycles. The highest BCUT2D eigenvalue weighted by Gasteiger charge is 2.21. The number of hydrogen-bond acceptors (Lipinski definition) is 2. The Morgan fingerprint density at radius 2 is 2.13 bits per heavy atom. The van der Waals surface area contributed by atoms with Gasteiger partial charge in [-0.25, -0.2) is 8.78 Å². The van der Waals surface area contributed by atoms with Crippen molar-refractivity contribution in [1.29, 1.82) is 0 Å². The molecule has 15 heavy (non-hydrogen) atoms. The first-order valence-electron chi connectivity index (χ1n) is 4.81. The number of ether oxygens (including phenoxy) is 1. The number of alkyl halides is 2. The molecule has 0 amide bonds. The van der Waals surface area contributed by atoms with Crippen LogP contribution in [0.15, 0.2) is 24.3 Å². The van der Waals surface area contributed by atoms with E-state index < -0.39 is 12.3 Å². The van der Waals surface area contributed by atoms with Crippen LogP contribution in [0.4, 0.5) is 8.78 Å². The zero-order chi connectivity index (χ0) is 11.3. The zero-order valence-electron chi connectivity index (χ0n) is 8.62. The monoisotopic (exact) mass is 215 g/mol. The van der Waals surface area contributed by atoms with Gasteiger partial charge in [0.2, 0.25) is 6.43 Å². The van der Waals surface area contributed by atoms with Crippen LogP contribution in [0.5, 0.6) is 5.75 Å². The lowest BCUT2D eigenvalue weighted by Gasteiger charge is -2.16. The van der Waals surface area contributed by atoms with Gasteiger partial charge in [0, 0.05) is 5.92 Å². The Labute approximate surface area is 88.0 Å². The molecule has 0 aromatic heterocycles. The van der Waals surface area contributed by atoms with Gasteiger partial charge in [-0.2, -0.15) is 0 Å². The van der Waals surface area contributed by atoms with E-state index in [0.717, 1.165) is 0 Å². The predicted molar refractivity (Wildman–Crippen MR) is 55.4 cm³/mol. The molecule has 0 saturated heterocycles. The summed E-state index contributed by atoms with van der Waals surface area (Å²) in [6.07, 6.45) is -2.11. The van der Waals surface area contributed by atoms with E-state index in [2.05, 4.69) is 0 Å². The standard InChI is InChI=1S/C11H15F2NO/c1-15-9-4-2-3-8(7-9)10(5-6-14)11(12)13/h2-4,7,10-11H,5-6,14H2,1H3. The van der Waals surface area contributed by atoms with E-state index in [4.69, 9.17) is 10.5 Å². The topological polar surface area (TPSA) is 35.2 Å². The van der Waals surface area contributed by atoms with Crippen molar-refractivity contribution >= 4 is 0 Å². The second-order valence-electron chi connectivity index (χ2n) is 3.29. The molecule has 1 aromatic rings. The molecule has 0 fully saturated rings. The van der Waals surface area contributed by atoms with Gasteiger partial charge in [0.25, 0.3) is 0 Å². The third-order valence-corrected chi connectivity index (χ3v) is 2.30. The average Bonchev–Trinajstić information content (AvgIpc) is 2.25. The van der Waals surface area contributed by atoms with E-state index in [0.29, 0.717) is 11.3 Å². The highest BCUT2D eigenvalue weighted by molar-refractivity contribution is 5.31. The minimum atomic E-state index is -2.39. The molecule has 84 valence electrons. The molecule has 0 spiro atoms. The first-order chi connectivity index (χ1) is 7.19. The molecule has 2 N–H and O–H groups in total. The summed E-state index contributed by atoms with van der Waals surface area (Å²) < 4.78 is 30.4. The van der Waals surface area contributed by atoms with E-state index in [1.54, 1.807) is 24.3 Å². The number of nitrogens with two attached hydrogens (primary N) is 1. The van der Waals surface area contributed by atoms with Crippen LogP contribution in [0.25, 0.3) is 0 Å². The Kier molecular flexibility index (Phi) is 4.49. The SMILES string of the molecule is COc1cccc(C(CCN)C(F)F)c1. The first-order valence-corrected chi connectivity index (χ1v) is 4.81. The summed E-state index contributed by atoms with van der Waals surface area (Å²) in [6, 6.07) is 6.75. The van der Waals surface area contributed by atoms with Crippen LogP contribution < -0.4 is 10.5 Å². The van der Waals surface area contributed by atoms with Crippen molar-refractivity contribution in [2.75, 3.05) is 13.7 Å². The van der Waals surface area contributed by atoms with Gasteiger partial charge in [-0.3, -0.25) is 0 Å². The maximum absolute atomic E-state index is 12.7. The number of rotatable bonds is 5. The van der Waals surface area contributed by atoms with Crippen LogP contribution in [0.3, 0.4) is 0 Å². The number of halogens is 2. The zero-order valence-corrected chi connectivity index (χ0v) is 8.62. The average molecular weight is 215 g/mol. The Balaban J connectivity index is 2.89. The maximum atomic E-state index is 12.7. The second kappa shape index (κ2) is 5.66. The normalized spacial score (nSPS) is 12.9. The summed E-state index contributed by atoms with van der Waals surface area (Å²) in [5.41, 5.74) is 5.89. The largest absolute Gasteiger partial charge is 0.497 e. The molecule has 0 saturated carbocycles. The molecule has 1 rings (SSSR count). The molecule has 1 atom stereocenters. The van der Waals surface area contributed by atoms with Gasteiger partial charge < -0.3 is 10.5 Å². The third-order valence-electron chi connectivity index (χ3n) is 2.30. The van der Waals surface area contributed by atoms with Crippen molar-refractivity contribution < 1.29 is 13.5 Å². The minimum absolute atomic E-state index is 0.256. The fourth-order valence-electron chi connectivity index (χ4n) is 1.49. The van der Waals surface area contributed by atoms with Gasteiger partial charge in [-0.15, -0.1) is 0 Å². The quantitative estimate of drug-likeness (QED) is 0.818. The molecule has 0 radical (unpaired) electrons. The molecule has 0 heterocycles. The Bertz CT molecular complexity index is 304. The smallest absolute Gasteiger partial charge is 0.245 e. The summed E-state index contributed by atoms with van der Waals surface area (Å²) in [4.78, 5) is 0. The van der Waals surface area contributed by atoms with Crippen molar-refractivity contribution in [3.05, 3.63) is 29.8 Å². The van der Waals surface area contributed by atoms with Gasteiger partial charge in [-0.1, -0.05) is 12.1 Å². The lowest BCUT2D eigenvalue weighted by atomic mass is 9.96. The Hall–Kier alpha value is -1.16. The summed E-state index contributed by atoms with van der Waals surface area (Å²) >= 11 is 0. The molecule has 0 aliphatic rings. The molecule has 0 aliphatic heterocycles. The second-order valence-corrected chi connectivity index (χ2v) is 3.29. The first kappa shape index (κ1) is 11.9. The van der Waals surface area contributed by atoms with Crippen LogP contribution in [-0.4, -0.2) is 20.1 Å². The fourth-order valence-corrected chi connectivity index (χ4v) is 1.49. The Morgan fingerprint density at radius 1 is 1.40 bits per heavy atom. The van der Waals surface area contributed by atoms with Gasteiger partial charge in [0.15, 0.2) is 0 Å². The summed E-state index contributed by atoms with van der Waals surface area (Å²) in [7, 11) is 1.51. The van der Waals surface area contributed by atoms with Crippen molar-refractivity contribution in [2.24, 2.45) is 5.73 Å². The Morgan fingerprint density at radius 3 is 2.67 bits per heavy atom. The van der Waals surface area contributed by atoms with Gasteiger partial charge in [0.1, 0.15) is 5.75 Å². The number of methoxy groups -OCH3 is 1. The van der Waals surface area contributed by atoms with Gasteiger partial charge >= 0.3 is 0 Å². The van der Waals surface area contributed by atoms with Crippen molar-refractivity contribution in [3.63, 3.8) is 0 Å². The molecule has 4 heteroatoms. The molecule has 0 bridgehead atoms. The fraction of sp³-hybridized carbons (Fsp3) is 0.455. The van der Waals surface area contributed by atoms with E-state index >= 15 is 0 Å². The number of benzene rings is 1. The predicted octanol–water partition coefficient (Wildman–Crippen LogP) is 2.39.